The lowest BCUT2D eigenvalue weighted by Crippen LogP contribution is -2.70. The number of nitrogen functional groups attached to an aromatic ring is 1. The molecule has 1 saturated heterocycles. The topological polar surface area (TPSA) is 197 Å². The summed E-state index contributed by atoms with van der Waals surface area (Å²) in [7, 11) is 0. The lowest BCUT2D eigenvalue weighted by molar-refractivity contribution is -0.161. The third kappa shape index (κ3) is 3.93. The molecule has 5 N–H and O–H groups in total. The summed E-state index contributed by atoms with van der Waals surface area (Å²) in [6.45, 7) is 2.45. The van der Waals surface area contributed by atoms with Crippen molar-refractivity contribution in [2.45, 2.75) is 30.9 Å². The molecular weight excluding hydrogens is 440 g/mol. The molecule has 0 unspecified atom stereocenters. The van der Waals surface area contributed by atoms with Gasteiger partial charge in [-0.1, -0.05) is 5.16 Å². The van der Waals surface area contributed by atoms with Gasteiger partial charge in [0.1, 0.15) is 17.1 Å². The maximum Gasteiger partial charge on any atom is 0.352 e. The Balaban J connectivity index is 1.81. The van der Waals surface area contributed by atoms with Crippen LogP contribution in [-0.2, 0) is 24.0 Å². The largest absolute Gasteiger partial charge is 0.478 e. The molecule has 3 heterocycles. The first-order valence-corrected chi connectivity index (χ1v) is 10.1. The number of carboxylic acids is 2. The molecular formula is C15H16N6O7S2. The normalized spacial score (nSPS) is 21.3. The van der Waals surface area contributed by atoms with Crippen LogP contribution in [0.5, 0.6) is 0 Å². The van der Waals surface area contributed by atoms with E-state index in [2.05, 4.69) is 19.8 Å². The molecule has 1 fully saturated rings. The molecule has 30 heavy (non-hydrogen) atoms. The van der Waals surface area contributed by atoms with E-state index in [4.69, 9.17) is 15.7 Å². The Labute approximate surface area is 177 Å². The van der Waals surface area contributed by atoms with Crippen LogP contribution in [0.3, 0.4) is 0 Å². The minimum Gasteiger partial charge on any atom is -0.478 e. The van der Waals surface area contributed by atoms with Gasteiger partial charge in [-0.3, -0.25) is 14.5 Å². The number of oxime groups is 1. The molecule has 1 aromatic heterocycles. The smallest absolute Gasteiger partial charge is 0.352 e. The molecule has 0 aliphatic carbocycles. The number of amides is 2. The van der Waals surface area contributed by atoms with E-state index in [1.807, 2.05) is 0 Å². The number of aliphatic carboxylic acids is 2. The van der Waals surface area contributed by atoms with Crippen molar-refractivity contribution in [1.29, 1.82) is 0 Å². The van der Waals surface area contributed by atoms with Crippen LogP contribution in [0.1, 0.15) is 19.7 Å². The SMILES string of the molecule is CC(C)(O/N=C(\C(=O)N[C@@H]1C(=O)N2C(C(=O)O)=CCS[C@@H]12)c1nsc(N)n1)C(=O)O. The number of carbonyl (C=O) groups is 4. The van der Waals surface area contributed by atoms with E-state index in [0.29, 0.717) is 5.75 Å². The van der Waals surface area contributed by atoms with Crippen molar-refractivity contribution in [3.8, 4) is 0 Å². The summed E-state index contributed by atoms with van der Waals surface area (Å²) < 4.78 is 3.87. The van der Waals surface area contributed by atoms with Gasteiger partial charge in [-0.15, -0.1) is 11.8 Å². The highest BCUT2D eigenvalue weighted by atomic mass is 32.2. The number of hydrogen-bond acceptors (Lipinski definition) is 11. The first-order chi connectivity index (χ1) is 14.0. The fourth-order valence-corrected chi connectivity index (χ4v) is 4.09. The van der Waals surface area contributed by atoms with Crippen molar-refractivity contribution >= 4 is 57.9 Å². The standard InChI is InChI=1S/C15H16N6O7S2/c1-15(2,13(26)27)28-19-6(8-18-14(16)30-20-8)9(22)17-7-10(23)21-5(12(24)25)3-4-29-11(7)21/h3,7,11H,4H2,1-2H3,(H,17,22)(H,24,25)(H,26,27)(H2,16,18,20)/b19-6-/t7-,11+/m1/s1. The van der Waals surface area contributed by atoms with Crippen molar-refractivity contribution in [1.82, 2.24) is 19.6 Å². The van der Waals surface area contributed by atoms with Crippen molar-refractivity contribution in [2.75, 3.05) is 11.5 Å². The summed E-state index contributed by atoms with van der Waals surface area (Å²) in [6.07, 6.45) is 1.41. The molecule has 2 atom stereocenters. The molecule has 2 aliphatic rings. The molecule has 2 aliphatic heterocycles. The van der Waals surface area contributed by atoms with Crippen molar-refractivity contribution in [2.24, 2.45) is 5.16 Å². The van der Waals surface area contributed by atoms with Crippen LogP contribution in [0, 0.1) is 0 Å². The molecule has 0 bridgehead atoms. The van der Waals surface area contributed by atoms with Gasteiger partial charge in [0.25, 0.3) is 11.8 Å². The molecule has 160 valence electrons. The Bertz CT molecular complexity index is 988. The van der Waals surface area contributed by atoms with Crippen LogP contribution in [-0.4, -0.2) is 76.7 Å². The van der Waals surface area contributed by atoms with Gasteiger partial charge in [0.05, 0.1) is 0 Å². The first-order valence-electron chi connectivity index (χ1n) is 8.31. The summed E-state index contributed by atoms with van der Waals surface area (Å²) in [5.41, 5.74) is 3.16. The Kier molecular flexibility index (Phi) is 5.67. The Morgan fingerprint density at radius 1 is 1.40 bits per heavy atom. The quantitative estimate of drug-likeness (QED) is 0.225. The molecule has 0 saturated carbocycles. The number of aromatic nitrogens is 2. The number of nitrogens with two attached hydrogens (primary N) is 1. The minimum absolute atomic E-state index is 0.0352. The number of β-lactam (4-membered cyclic amide) rings is 1. The summed E-state index contributed by atoms with van der Waals surface area (Å²) in [5, 5.41) is 23.8. The number of hydrogen-bond donors (Lipinski definition) is 4. The first kappa shape index (κ1) is 21.5. The second kappa shape index (κ2) is 7.91. The number of rotatable bonds is 7. The van der Waals surface area contributed by atoms with Crippen LogP contribution in [0.25, 0.3) is 0 Å². The Hall–Kier alpha value is -3.20. The fraction of sp³-hybridized carbons (Fsp3) is 0.400. The molecule has 0 radical (unpaired) electrons. The van der Waals surface area contributed by atoms with Crippen LogP contribution in [0.4, 0.5) is 5.13 Å². The molecule has 2 amide bonds. The number of nitrogens with zero attached hydrogens (tertiary/aromatic N) is 4. The predicted molar refractivity (Wildman–Crippen MR) is 104 cm³/mol. The Morgan fingerprint density at radius 3 is 2.67 bits per heavy atom. The lowest BCUT2D eigenvalue weighted by atomic mass is 10.0. The highest BCUT2D eigenvalue weighted by Gasteiger charge is 2.53. The molecule has 0 spiro atoms. The van der Waals surface area contributed by atoms with Gasteiger partial charge in [-0.2, -0.15) is 9.36 Å². The van der Waals surface area contributed by atoms with Gasteiger partial charge in [0.2, 0.25) is 17.1 Å². The summed E-state index contributed by atoms with van der Waals surface area (Å²) in [4.78, 5) is 57.6. The van der Waals surface area contributed by atoms with E-state index in [1.54, 1.807) is 0 Å². The number of thioether (sulfide) groups is 1. The summed E-state index contributed by atoms with van der Waals surface area (Å²) in [6, 6.07) is -1.01. The second-order valence-corrected chi connectivity index (χ2v) is 8.51. The molecule has 1 aromatic rings. The van der Waals surface area contributed by atoms with E-state index >= 15 is 0 Å². The monoisotopic (exact) mass is 456 g/mol. The lowest BCUT2D eigenvalue weighted by Gasteiger charge is -2.48. The highest BCUT2D eigenvalue weighted by Crippen LogP contribution is 2.37. The van der Waals surface area contributed by atoms with E-state index < -0.39 is 46.5 Å². The van der Waals surface area contributed by atoms with Crippen molar-refractivity contribution in [3.05, 3.63) is 17.6 Å². The van der Waals surface area contributed by atoms with Gasteiger partial charge < -0.3 is 26.1 Å². The summed E-state index contributed by atoms with van der Waals surface area (Å²) in [5.74, 6) is -3.93. The fourth-order valence-electron chi connectivity index (χ4n) is 2.46. The van der Waals surface area contributed by atoms with Crippen LogP contribution in [0.2, 0.25) is 0 Å². The third-order valence-electron chi connectivity index (χ3n) is 4.10. The van der Waals surface area contributed by atoms with Crippen molar-refractivity contribution < 1.29 is 34.2 Å². The van der Waals surface area contributed by atoms with Crippen LogP contribution < -0.4 is 11.1 Å². The summed E-state index contributed by atoms with van der Waals surface area (Å²) >= 11 is 2.06. The number of fused-ring (bicyclic) bond motifs is 1. The molecule has 13 nitrogen and oxygen atoms in total. The van der Waals surface area contributed by atoms with Crippen molar-refractivity contribution in [3.63, 3.8) is 0 Å². The zero-order chi connectivity index (χ0) is 22.2. The number of anilines is 1. The zero-order valence-corrected chi connectivity index (χ0v) is 17.2. The zero-order valence-electron chi connectivity index (χ0n) is 15.6. The number of nitrogens with one attached hydrogen (secondary N) is 1. The van der Waals surface area contributed by atoms with Crippen LogP contribution in [0.15, 0.2) is 16.9 Å². The van der Waals surface area contributed by atoms with Crippen LogP contribution >= 0.6 is 23.3 Å². The van der Waals surface area contributed by atoms with Gasteiger partial charge in [0.15, 0.2) is 5.13 Å². The van der Waals surface area contributed by atoms with E-state index in [-0.39, 0.29) is 16.7 Å². The maximum atomic E-state index is 12.8. The predicted octanol–water partition coefficient (Wildman–Crippen LogP) is -0.927. The minimum atomic E-state index is -1.75. The third-order valence-corrected chi connectivity index (χ3v) is 5.83. The van der Waals surface area contributed by atoms with E-state index in [0.717, 1.165) is 16.4 Å². The average molecular weight is 456 g/mol. The highest BCUT2D eigenvalue weighted by molar-refractivity contribution is 8.00. The van der Waals surface area contributed by atoms with Gasteiger partial charge in [-0.25, -0.2) is 9.59 Å². The van der Waals surface area contributed by atoms with Gasteiger partial charge >= 0.3 is 11.9 Å². The second-order valence-electron chi connectivity index (χ2n) is 6.58. The molecule has 15 heteroatoms. The number of carbonyl (C=O) groups excluding carboxylic acids is 2. The average Bonchev–Trinajstić information content (AvgIpc) is 3.11. The van der Waals surface area contributed by atoms with Gasteiger partial charge in [0, 0.05) is 17.3 Å². The molecule has 3 rings (SSSR count). The number of carboxylic acid groups (broad SMARTS) is 2. The van der Waals surface area contributed by atoms with E-state index in [1.165, 1.54) is 31.7 Å². The van der Waals surface area contributed by atoms with E-state index in [9.17, 15) is 24.3 Å². The maximum absolute atomic E-state index is 12.8. The Morgan fingerprint density at radius 2 is 2.10 bits per heavy atom. The molecule has 0 aromatic carbocycles. The van der Waals surface area contributed by atoms with Gasteiger partial charge in [-0.05, 0) is 19.9 Å².